The van der Waals surface area contributed by atoms with Crippen LogP contribution in [0.5, 0.6) is 5.75 Å². The first-order chi connectivity index (χ1) is 9.47. The average Bonchev–Trinajstić information content (AvgIpc) is 2.70. The first-order valence-corrected chi connectivity index (χ1v) is 6.84. The molecule has 0 fully saturated rings. The molecule has 8 heteroatoms. The van der Waals surface area contributed by atoms with Crippen LogP contribution in [0.2, 0.25) is 8.67 Å². The van der Waals surface area contributed by atoms with E-state index in [4.69, 9.17) is 23.2 Å². The molecule has 3 nitrogen and oxygen atoms in total. The van der Waals surface area contributed by atoms with E-state index < -0.39 is 12.5 Å². The Morgan fingerprint density at radius 1 is 1.30 bits per heavy atom. The lowest BCUT2D eigenvalue weighted by atomic mass is 10.2. The van der Waals surface area contributed by atoms with E-state index in [0.717, 1.165) is 11.3 Å². The van der Waals surface area contributed by atoms with E-state index in [9.17, 15) is 13.6 Å². The summed E-state index contributed by atoms with van der Waals surface area (Å²) in [7, 11) is 0. The van der Waals surface area contributed by atoms with E-state index in [2.05, 4.69) is 10.1 Å². The zero-order valence-electron chi connectivity index (χ0n) is 9.70. The minimum Gasteiger partial charge on any atom is -0.433 e. The Kier molecular flexibility index (Phi) is 4.80. The summed E-state index contributed by atoms with van der Waals surface area (Å²) in [5, 5.41) is 2.45. The van der Waals surface area contributed by atoms with Gasteiger partial charge in [-0.1, -0.05) is 35.3 Å². The highest BCUT2D eigenvalue weighted by Crippen LogP contribution is 2.32. The number of para-hydroxylation sites is 2. The number of halogens is 4. The molecule has 0 spiro atoms. The van der Waals surface area contributed by atoms with Crippen molar-refractivity contribution in [3.8, 4) is 5.75 Å². The van der Waals surface area contributed by atoms with Gasteiger partial charge in [-0.3, -0.25) is 4.79 Å². The molecule has 20 heavy (non-hydrogen) atoms. The van der Waals surface area contributed by atoms with Crippen molar-refractivity contribution < 1.29 is 18.3 Å². The Bertz CT molecular complexity index is 634. The summed E-state index contributed by atoms with van der Waals surface area (Å²) in [5.74, 6) is -0.684. The van der Waals surface area contributed by atoms with E-state index in [1.807, 2.05) is 0 Å². The lowest BCUT2D eigenvalue weighted by molar-refractivity contribution is -0.0493. The third-order valence-electron chi connectivity index (χ3n) is 2.25. The molecule has 1 aromatic heterocycles. The summed E-state index contributed by atoms with van der Waals surface area (Å²) in [5.41, 5.74) is 0.296. The molecule has 0 aliphatic heterocycles. The quantitative estimate of drug-likeness (QED) is 0.860. The van der Waals surface area contributed by atoms with Crippen molar-refractivity contribution in [2.75, 3.05) is 5.32 Å². The van der Waals surface area contributed by atoms with E-state index in [1.165, 1.54) is 24.3 Å². The molecule has 0 aliphatic rings. The second kappa shape index (κ2) is 6.39. The summed E-state index contributed by atoms with van der Waals surface area (Å²) in [6.07, 6.45) is 0. The predicted octanol–water partition coefficient (Wildman–Crippen LogP) is 4.91. The molecule has 1 amide bonds. The minimum absolute atomic E-state index is 0.121. The van der Waals surface area contributed by atoms with Crippen LogP contribution in [0.4, 0.5) is 14.5 Å². The number of thiophene rings is 1. The van der Waals surface area contributed by atoms with Crippen molar-refractivity contribution in [1.82, 2.24) is 0 Å². The van der Waals surface area contributed by atoms with Gasteiger partial charge in [0.25, 0.3) is 5.91 Å². The number of carbonyl (C=O) groups excluding carboxylic acids is 1. The van der Waals surface area contributed by atoms with Crippen LogP contribution < -0.4 is 10.1 Å². The van der Waals surface area contributed by atoms with Gasteiger partial charge in [0.2, 0.25) is 0 Å². The molecule has 0 bridgehead atoms. The topological polar surface area (TPSA) is 38.3 Å². The number of amides is 1. The highest BCUT2D eigenvalue weighted by molar-refractivity contribution is 7.20. The lowest BCUT2D eigenvalue weighted by Gasteiger charge is -2.11. The summed E-state index contributed by atoms with van der Waals surface area (Å²) < 4.78 is 29.4. The maximum Gasteiger partial charge on any atom is 0.387 e. The minimum atomic E-state index is -2.98. The fourth-order valence-corrected chi connectivity index (χ4v) is 2.91. The fourth-order valence-electron chi connectivity index (χ4n) is 1.45. The Morgan fingerprint density at radius 2 is 2.00 bits per heavy atom. The molecule has 0 atom stereocenters. The van der Waals surface area contributed by atoms with Gasteiger partial charge in [-0.25, -0.2) is 0 Å². The number of benzene rings is 1. The van der Waals surface area contributed by atoms with E-state index in [1.54, 1.807) is 6.07 Å². The molecule has 2 aromatic rings. The number of rotatable bonds is 4. The van der Waals surface area contributed by atoms with Crippen LogP contribution in [-0.4, -0.2) is 12.5 Å². The Hall–Kier alpha value is -1.37. The van der Waals surface area contributed by atoms with E-state index in [0.29, 0.717) is 4.34 Å². The summed E-state index contributed by atoms with van der Waals surface area (Å²) in [6.45, 7) is -2.98. The van der Waals surface area contributed by atoms with Crippen LogP contribution in [0.1, 0.15) is 10.4 Å². The molecule has 2 rings (SSSR count). The van der Waals surface area contributed by atoms with Gasteiger partial charge in [0.05, 0.1) is 15.6 Å². The Labute approximate surface area is 127 Å². The van der Waals surface area contributed by atoms with Crippen molar-refractivity contribution in [2.45, 2.75) is 6.61 Å². The highest BCUT2D eigenvalue weighted by Gasteiger charge is 2.17. The van der Waals surface area contributed by atoms with Crippen molar-refractivity contribution in [1.29, 1.82) is 0 Å². The average molecular weight is 338 g/mol. The number of ether oxygens (including phenoxy) is 1. The molecule has 0 radical (unpaired) electrons. The smallest absolute Gasteiger partial charge is 0.387 e. The van der Waals surface area contributed by atoms with Gasteiger partial charge in [0, 0.05) is 0 Å². The van der Waals surface area contributed by atoms with Crippen molar-refractivity contribution in [3.05, 3.63) is 44.6 Å². The van der Waals surface area contributed by atoms with Crippen LogP contribution in [0.25, 0.3) is 0 Å². The summed E-state index contributed by atoms with van der Waals surface area (Å²) in [6, 6.07) is 7.26. The molecule has 0 saturated carbocycles. The second-order valence-electron chi connectivity index (χ2n) is 3.57. The van der Waals surface area contributed by atoms with Gasteiger partial charge in [-0.05, 0) is 18.2 Å². The van der Waals surface area contributed by atoms with E-state index >= 15 is 0 Å². The number of nitrogens with one attached hydrogen (secondary N) is 1. The van der Waals surface area contributed by atoms with Gasteiger partial charge in [0.15, 0.2) is 0 Å². The number of anilines is 1. The maximum absolute atomic E-state index is 12.3. The lowest BCUT2D eigenvalue weighted by Crippen LogP contribution is -2.13. The van der Waals surface area contributed by atoms with Gasteiger partial charge in [-0.15, -0.1) is 11.3 Å². The molecule has 1 N–H and O–H groups in total. The van der Waals surface area contributed by atoms with Crippen LogP contribution in [-0.2, 0) is 0 Å². The monoisotopic (exact) mass is 337 g/mol. The van der Waals surface area contributed by atoms with E-state index in [-0.39, 0.29) is 21.3 Å². The van der Waals surface area contributed by atoms with Crippen molar-refractivity contribution in [3.63, 3.8) is 0 Å². The first-order valence-electron chi connectivity index (χ1n) is 5.27. The third-order valence-corrected chi connectivity index (χ3v) is 3.74. The molecular weight excluding hydrogens is 331 g/mol. The largest absolute Gasteiger partial charge is 0.433 e. The molecular formula is C12H7Cl2F2NO2S. The standard InChI is InChI=1S/C12H7Cl2F2NO2S/c13-9-5-6(10(14)20-9)11(18)17-7-3-1-2-4-8(7)19-12(15)16/h1-5,12H,(H,17,18). The van der Waals surface area contributed by atoms with Crippen LogP contribution in [0.15, 0.2) is 30.3 Å². The number of hydrogen-bond acceptors (Lipinski definition) is 3. The van der Waals surface area contributed by atoms with Crippen LogP contribution in [0.3, 0.4) is 0 Å². The van der Waals surface area contributed by atoms with Gasteiger partial charge >= 0.3 is 6.61 Å². The van der Waals surface area contributed by atoms with Crippen LogP contribution in [0, 0.1) is 0 Å². The molecule has 1 heterocycles. The molecule has 0 unspecified atom stereocenters. The Morgan fingerprint density at radius 3 is 2.60 bits per heavy atom. The number of hydrogen-bond donors (Lipinski definition) is 1. The van der Waals surface area contributed by atoms with Crippen molar-refractivity contribution >= 4 is 46.1 Å². The number of alkyl halides is 2. The van der Waals surface area contributed by atoms with Gasteiger partial charge in [0.1, 0.15) is 10.1 Å². The van der Waals surface area contributed by atoms with Crippen LogP contribution >= 0.6 is 34.5 Å². The summed E-state index contributed by atoms with van der Waals surface area (Å²) >= 11 is 12.6. The first kappa shape index (κ1) is 15.0. The molecule has 1 aromatic carbocycles. The zero-order chi connectivity index (χ0) is 14.7. The SMILES string of the molecule is O=C(Nc1ccccc1OC(F)F)c1cc(Cl)sc1Cl. The normalized spacial score (nSPS) is 10.7. The van der Waals surface area contributed by atoms with Gasteiger partial charge in [-0.2, -0.15) is 8.78 Å². The third kappa shape index (κ3) is 3.59. The highest BCUT2D eigenvalue weighted by atomic mass is 35.5. The molecule has 0 aliphatic carbocycles. The Balaban J connectivity index is 2.22. The molecule has 0 saturated heterocycles. The van der Waals surface area contributed by atoms with Gasteiger partial charge < -0.3 is 10.1 Å². The summed E-state index contributed by atoms with van der Waals surface area (Å²) in [4.78, 5) is 12.0. The maximum atomic E-state index is 12.3. The molecule has 106 valence electrons. The zero-order valence-corrected chi connectivity index (χ0v) is 12.0. The van der Waals surface area contributed by atoms with Crippen molar-refractivity contribution in [2.24, 2.45) is 0 Å². The second-order valence-corrected chi connectivity index (χ2v) is 5.85. The fraction of sp³-hybridized carbons (Fsp3) is 0.0833. The predicted molar refractivity (Wildman–Crippen MR) is 75.4 cm³/mol. The number of carbonyl (C=O) groups is 1.